The third-order valence-electron chi connectivity index (χ3n) is 2.34. The summed E-state index contributed by atoms with van der Waals surface area (Å²) in [6, 6.07) is 8.23. The molecule has 0 saturated carbocycles. The number of nitrogens with zero attached hydrogens (tertiary/aromatic N) is 1. The smallest absolute Gasteiger partial charge is 0.123 e. The minimum absolute atomic E-state index is 0.0132. The van der Waals surface area contributed by atoms with Crippen LogP contribution in [0.5, 0.6) is 0 Å². The molecule has 0 radical (unpaired) electrons. The van der Waals surface area contributed by atoms with Gasteiger partial charge in [0.2, 0.25) is 0 Å². The van der Waals surface area contributed by atoms with Gasteiger partial charge in [-0.25, -0.2) is 4.39 Å². The van der Waals surface area contributed by atoms with Crippen molar-refractivity contribution in [2.24, 2.45) is 0 Å². The zero-order valence-electron chi connectivity index (χ0n) is 9.20. The fraction of sp³-hybridized carbons (Fsp3) is 0.417. The van der Waals surface area contributed by atoms with Crippen molar-refractivity contribution in [2.75, 3.05) is 13.2 Å². The Bertz CT molecular complexity index is 372. The van der Waals surface area contributed by atoms with Crippen molar-refractivity contribution in [1.29, 1.82) is 5.26 Å². The van der Waals surface area contributed by atoms with E-state index in [1.165, 1.54) is 12.1 Å². The molecule has 0 amide bonds. The van der Waals surface area contributed by atoms with Crippen molar-refractivity contribution >= 4 is 0 Å². The van der Waals surface area contributed by atoms with Crippen LogP contribution in [0, 0.1) is 17.1 Å². The van der Waals surface area contributed by atoms with Crippen LogP contribution in [0.1, 0.15) is 12.5 Å². The molecule has 16 heavy (non-hydrogen) atoms. The molecule has 1 aromatic carbocycles. The number of benzene rings is 1. The summed E-state index contributed by atoms with van der Waals surface area (Å²) in [5, 5.41) is 20.7. The first-order chi connectivity index (χ1) is 7.59. The summed E-state index contributed by atoms with van der Waals surface area (Å²) in [6.45, 7) is 2.11. The van der Waals surface area contributed by atoms with Gasteiger partial charge in [-0.1, -0.05) is 12.1 Å². The molecule has 0 fully saturated rings. The van der Waals surface area contributed by atoms with Crippen molar-refractivity contribution in [3.8, 4) is 6.07 Å². The molecule has 0 bridgehead atoms. The zero-order chi connectivity index (χ0) is 12.0. The molecule has 0 aromatic heterocycles. The predicted octanol–water partition coefficient (Wildman–Crippen LogP) is 1.23. The Balaban J connectivity index is 2.69. The molecule has 4 heteroatoms. The van der Waals surface area contributed by atoms with Gasteiger partial charge in [-0.05, 0) is 24.6 Å². The van der Waals surface area contributed by atoms with Gasteiger partial charge in [-0.3, -0.25) is 5.32 Å². The summed E-state index contributed by atoms with van der Waals surface area (Å²) >= 11 is 0. The van der Waals surface area contributed by atoms with E-state index < -0.39 is 5.54 Å². The van der Waals surface area contributed by atoms with E-state index >= 15 is 0 Å². The van der Waals surface area contributed by atoms with E-state index in [9.17, 15) is 4.39 Å². The Hall–Kier alpha value is -1.44. The summed E-state index contributed by atoms with van der Waals surface area (Å²) in [5.74, 6) is -0.286. The number of aliphatic hydroxyl groups excluding tert-OH is 1. The summed E-state index contributed by atoms with van der Waals surface area (Å²) < 4.78 is 12.7. The van der Waals surface area contributed by atoms with Gasteiger partial charge in [0.15, 0.2) is 0 Å². The van der Waals surface area contributed by atoms with Gasteiger partial charge in [0.25, 0.3) is 0 Å². The SMILES string of the molecule is CC(C#N)(Cc1ccc(F)cc1)NCCO. The van der Waals surface area contributed by atoms with Crippen molar-refractivity contribution in [1.82, 2.24) is 5.32 Å². The Morgan fingerprint density at radius 1 is 1.44 bits per heavy atom. The zero-order valence-corrected chi connectivity index (χ0v) is 9.20. The number of β-amino-alcohol motifs (C(OH)–C–C–N with tert-alkyl or cyclic N) is 1. The first kappa shape index (κ1) is 12.6. The van der Waals surface area contributed by atoms with E-state index in [1.54, 1.807) is 19.1 Å². The monoisotopic (exact) mass is 222 g/mol. The fourth-order valence-corrected chi connectivity index (χ4v) is 1.48. The molecule has 86 valence electrons. The largest absolute Gasteiger partial charge is 0.395 e. The Morgan fingerprint density at radius 2 is 2.06 bits per heavy atom. The van der Waals surface area contributed by atoms with Crippen molar-refractivity contribution in [3.63, 3.8) is 0 Å². The first-order valence-corrected chi connectivity index (χ1v) is 5.11. The number of hydrogen-bond acceptors (Lipinski definition) is 3. The van der Waals surface area contributed by atoms with Gasteiger partial charge in [-0.2, -0.15) is 5.26 Å². The lowest BCUT2D eigenvalue weighted by Crippen LogP contribution is -2.44. The van der Waals surface area contributed by atoms with E-state index in [-0.39, 0.29) is 12.4 Å². The van der Waals surface area contributed by atoms with Crippen LogP contribution in [0.2, 0.25) is 0 Å². The highest BCUT2D eigenvalue weighted by Gasteiger charge is 2.22. The number of nitriles is 1. The maximum absolute atomic E-state index is 12.7. The van der Waals surface area contributed by atoms with Crippen LogP contribution in [0.25, 0.3) is 0 Å². The van der Waals surface area contributed by atoms with Crippen molar-refractivity contribution in [2.45, 2.75) is 18.9 Å². The summed E-state index contributed by atoms with van der Waals surface area (Å²) in [4.78, 5) is 0. The normalized spacial score (nSPS) is 14.1. The molecule has 0 aliphatic carbocycles. The fourth-order valence-electron chi connectivity index (χ4n) is 1.48. The second kappa shape index (κ2) is 5.59. The number of rotatable bonds is 5. The maximum atomic E-state index is 12.7. The standard InChI is InChI=1S/C12H15FN2O/c1-12(9-14,15-6-7-16)8-10-2-4-11(13)5-3-10/h2-5,15-16H,6-8H2,1H3. The molecule has 2 N–H and O–H groups in total. The number of halogens is 1. The third-order valence-corrected chi connectivity index (χ3v) is 2.34. The van der Waals surface area contributed by atoms with E-state index in [2.05, 4.69) is 11.4 Å². The molecule has 0 spiro atoms. The average molecular weight is 222 g/mol. The van der Waals surface area contributed by atoms with Gasteiger partial charge in [0.1, 0.15) is 11.4 Å². The molecule has 1 rings (SSSR count). The van der Waals surface area contributed by atoms with E-state index in [0.29, 0.717) is 13.0 Å². The lowest BCUT2D eigenvalue weighted by atomic mass is 9.94. The second-order valence-corrected chi connectivity index (χ2v) is 3.90. The molecular weight excluding hydrogens is 207 g/mol. The highest BCUT2D eigenvalue weighted by molar-refractivity contribution is 5.22. The second-order valence-electron chi connectivity index (χ2n) is 3.90. The summed E-state index contributed by atoms with van der Waals surface area (Å²) in [5.41, 5.74) is 0.150. The van der Waals surface area contributed by atoms with Crippen molar-refractivity contribution < 1.29 is 9.50 Å². The Labute approximate surface area is 94.5 Å². The Kier molecular flexibility index (Phi) is 4.41. The van der Waals surface area contributed by atoms with Gasteiger partial charge >= 0.3 is 0 Å². The maximum Gasteiger partial charge on any atom is 0.123 e. The lowest BCUT2D eigenvalue weighted by molar-refractivity contribution is 0.275. The van der Waals surface area contributed by atoms with Crippen LogP contribution in [0.3, 0.4) is 0 Å². The van der Waals surface area contributed by atoms with Crippen molar-refractivity contribution in [3.05, 3.63) is 35.6 Å². The van der Waals surface area contributed by atoms with Gasteiger partial charge in [0, 0.05) is 13.0 Å². The number of aliphatic hydroxyl groups is 1. The predicted molar refractivity (Wildman–Crippen MR) is 59.2 cm³/mol. The molecule has 0 saturated heterocycles. The molecular formula is C12H15FN2O. The number of nitrogens with one attached hydrogen (secondary N) is 1. The minimum Gasteiger partial charge on any atom is -0.395 e. The van der Waals surface area contributed by atoms with E-state index in [4.69, 9.17) is 10.4 Å². The molecule has 3 nitrogen and oxygen atoms in total. The molecule has 0 aliphatic rings. The van der Waals surface area contributed by atoms with Gasteiger partial charge in [0.05, 0.1) is 12.7 Å². The molecule has 0 aliphatic heterocycles. The van der Waals surface area contributed by atoms with Gasteiger partial charge < -0.3 is 5.11 Å². The topological polar surface area (TPSA) is 56.0 Å². The third kappa shape index (κ3) is 3.61. The molecule has 1 atom stereocenters. The first-order valence-electron chi connectivity index (χ1n) is 5.11. The number of hydrogen-bond donors (Lipinski definition) is 2. The van der Waals surface area contributed by atoms with E-state index in [0.717, 1.165) is 5.56 Å². The van der Waals surface area contributed by atoms with Crippen LogP contribution in [0.15, 0.2) is 24.3 Å². The lowest BCUT2D eigenvalue weighted by Gasteiger charge is -2.22. The highest BCUT2D eigenvalue weighted by atomic mass is 19.1. The van der Waals surface area contributed by atoms with Crippen LogP contribution in [0.4, 0.5) is 4.39 Å². The minimum atomic E-state index is -0.736. The van der Waals surface area contributed by atoms with Crippen LogP contribution in [-0.4, -0.2) is 23.8 Å². The summed E-state index contributed by atoms with van der Waals surface area (Å²) in [6.07, 6.45) is 0.476. The van der Waals surface area contributed by atoms with Gasteiger partial charge in [-0.15, -0.1) is 0 Å². The van der Waals surface area contributed by atoms with Crippen LogP contribution >= 0.6 is 0 Å². The summed E-state index contributed by atoms with van der Waals surface area (Å²) in [7, 11) is 0. The Morgan fingerprint density at radius 3 is 2.56 bits per heavy atom. The van der Waals surface area contributed by atoms with E-state index in [1.807, 2.05) is 0 Å². The van der Waals surface area contributed by atoms with Crippen LogP contribution in [-0.2, 0) is 6.42 Å². The quantitative estimate of drug-likeness (QED) is 0.788. The van der Waals surface area contributed by atoms with Crippen LogP contribution < -0.4 is 5.32 Å². The molecule has 1 unspecified atom stereocenters. The highest BCUT2D eigenvalue weighted by Crippen LogP contribution is 2.13. The molecule has 0 heterocycles. The average Bonchev–Trinajstić information content (AvgIpc) is 2.30. The molecule has 1 aromatic rings.